The molecule has 2 unspecified atom stereocenters. The summed E-state index contributed by atoms with van der Waals surface area (Å²) in [7, 11) is 0. The van der Waals surface area contributed by atoms with Crippen LogP contribution in [0.15, 0.2) is 0 Å². The van der Waals surface area contributed by atoms with Crippen LogP contribution in [0.25, 0.3) is 0 Å². The molecule has 0 amide bonds. The van der Waals surface area contributed by atoms with Gasteiger partial charge in [-0.05, 0) is 19.3 Å². The lowest BCUT2D eigenvalue weighted by molar-refractivity contribution is -0.115. The van der Waals surface area contributed by atoms with Crippen LogP contribution in [-0.2, 0) is 4.74 Å². The van der Waals surface area contributed by atoms with Gasteiger partial charge in [0, 0.05) is 25.0 Å². The Morgan fingerprint density at radius 3 is 2.67 bits per heavy atom. The van der Waals surface area contributed by atoms with Gasteiger partial charge in [-0.25, -0.2) is 0 Å². The maximum Gasteiger partial charge on any atom is 0.0745 e. The number of aliphatic hydroxyl groups excluding tert-OH is 1. The van der Waals surface area contributed by atoms with Gasteiger partial charge in [0.1, 0.15) is 0 Å². The van der Waals surface area contributed by atoms with Gasteiger partial charge in [-0.2, -0.15) is 0 Å². The van der Waals surface area contributed by atoms with Crippen molar-refractivity contribution in [2.24, 2.45) is 5.41 Å². The summed E-state index contributed by atoms with van der Waals surface area (Å²) in [6.45, 7) is 5.47. The molecule has 3 nitrogen and oxygen atoms in total. The fourth-order valence-corrected chi connectivity index (χ4v) is 2.55. The summed E-state index contributed by atoms with van der Waals surface area (Å²) >= 11 is 0. The first-order valence-corrected chi connectivity index (χ1v) is 5.99. The van der Waals surface area contributed by atoms with Gasteiger partial charge in [-0.15, -0.1) is 0 Å². The first kappa shape index (κ1) is 12.9. The maximum absolute atomic E-state index is 10.7. The SMILES string of the molecule is CCCC(C)(CO)C1(O)CCCOCC1. The third-order valence-corrected chi connectivity index (χ3v) is 3.81. The summed E-state index contributed by atoms with van der Waals surface area (Å²) in [5, 5.41) is 20.2. The molecular weight excluding hydrogens is 192 g/mol. The molecule has 0 aromatic rings. The van der Waals surface area contributed by atoms with Crippen LogP contribution in [0.1, 0.15) is 46.0 Å². The second kappa shape index (κ2) is 5.28. The number of hydrogen-bond donors (Lipinski definition) is 2. The van der Waals surface area contributed by atoms with Gasteiger partial charge in [-0.1, -0.05) is 20.3 Å². The highest BCUT2D eigenvalue weighted by Crippen LogP contribution is 2.42. The van der Waals surface area contributed by atoms with Crippen molar-refractivity contribution in [1.82, 2.24) is 0 Å². The second-order valence-electron chi connectivity index (χ2n) is 4.97. The largest absolute Gasteiger partial charge is 0.396 e. The van der Waals surface area contributed by atoms with Gasteiger partial charge >= 0.3 is 0 Å². The molecular formula is C12H24O3. The lowest BCUT2D eigenvalue weighted by atomic mass is 9.67. The van der Waals surface area contributed by atoms with Crippen LogP contribution in [0.2, 0.25) is 0 Å². The van der Waals surface area contributed by atoms with E-state index in [4.69, 9.17) is 4.74 Å². The van der Waals surface area contributed by atoms with E-state index in [1.54, 1.807) is 0 Å². The molecule has 1 aliphatic rings. The molecule has 2 atom stereocenters. The summed E-state index contributed by atoms with van der Waals surface area (Å²) in [4.78, 5) is 0. The fourth-order valence-electron chi connectivity index (χ4n) is 2.55. The topological polar surface area (TPSA) is 49.7 Å². The molecule has 0 saturated carbocycles. The van der Waals surface area contributed by atoms with Gasteiger partial charge < -0.3 is 14.9 Å². The number of rotatable bonds is 4. The zero-order valence-electron chi connectivity index (χ0n) is 9.96. The summed E-state index contributed by atoms with van der Waals surface area (Å²) in [6.07, 6.45) is 4.12. The first-order chi connectivity index (χ1) is 7.08. The third-order valence-electron chi connectivity index (χ3n) is 3.81. The van der Waals surface area contributed by atoms with E-state index in [0.717, 1.165) is 32.3 Å². The highest BCUT2D eigenvalue weighted by atomic mass is 16.5. The van der Waals surface area contributed by atoms with Crippen molar-refractivity contribution in [3.63, 3.8) is 0 Å². The Bertz CT molecular complexity index is 185. The molecule has 0 bridgehead atoms. The Hall–Kier alpha value is -0.120. The van der Waals surface area contributed by atoms with Gasteiger partial charge in [0.15, 0.2) is 0 Å². The van der Waals surface area contributed by atoms with Crippen LogP contribution in [0.5, 0.6) is 0 Å². The van der Waals surface area contributed by atoms with Crippen molar-refractivity contribution in [2.45, 2.75) is 51.6 Å². The second-order valence-corrected chi connectivity index (χ2v) is 4.97. The van der Waals surface area contributed by atoms with E-state index in [-0.39, 0.29) is 12.0 Å². The fraction of sp³-hybridized carbons (Fsp3) is 1.00. The van der Waals surface area contributed by atoms with E-state index in [0.29, 0.717) is 13.0 Å². The van der Waals surface area contributed by atoms with Crippen LogP contribution in [0, 0.1) is 5.41 Å². The zero-order valence-corrected chi connectivity index (χ0v) is 9.96. The molecule has 0 spiro atoms. The van der Waals surface area contributed by atoms with Gasteiger partial charge in [-0.3, -0.25) is 0 Å². The predicted molar refractivity (Wildman–Crippen MR) is 59.7 cm³/mol. The van der Waals surface area contributed by atoms with Crippen LogP contribution >= 0.6 is 0 Å². The average Bonchev–Trinajstić information content (AvgIpc) is 2.44. The van der Waals surface area contributed by atoms with Crippen molar-refractivity contribution in [3.05, 3.63) is 0 Å². The van der Waals surface area contributed by atoms with E-state index in [1.807, 2.05) is 6.92 Å². The van der Waals surface area contributed by atoms with E-state index in [2.05, 4.69) is 6.92 Å². The molecule has 2 N–H and O–H groups in total. The number of hydrogen-bond acceptors (Lipinski definition) is 3. The Morgan fingerprint density at radius 1 is 1.33 bits per heavy atom. The van der Waals surface area contributed by atoms with Gasteiger partial charge in [0.25, 0.3) is 0 Å². The van der Waals surface area contributed by atoms with E-state index >= 15 is 0 Å². The molecule has 0 aliphatic carbocycles. The predicted octanol–water partition coefficient (Wildman–Crippen LogP) is 1.72. The molecule has 1 fully saturated rings. The lowest BCUT2D eigenvalue weighted by Crippen LogP contribution is -2.49. The number of ether oxygens (including phenoxy) is 1. The third kappa shape index (κ3) is 2.71. The van der Waals surface area contributed by atoms with Crippen molar-refractivity contribution in [1.29, 1.82) is 0 Å². The van der Waals surface area contributed by atoms with Gasteiger partial charge in [0.05, 0.1) is 12.2 Å². The summed E-state index contributed by atoms with van der Waals surface area (Å²) in [6, 6.07) is 0. The standard InChI is InChI=1S/C12H24O3/c1-3-5-11(2,10-13)12(14)6-4-8-15-9-7-12/h13-14H,3-10H2,1-2H3. The zero-order chi connectivity index (χ0) is 11.4. The maximum atomic E-state index is 10.7. The van der Waals surface area contributed by atoms with Crippen molar-refractivity contribution < 1.29 is 14.9 Å². The summed E-state index contributed by atoms with van der Waals surface area (Å²) in [5.74, 6) is 0. The lowest BCUT2D eigenvalue weighted by Gasteiger charge is -2.43. The minimum absolute atomic E-state index is 0.0529. The van der Waals surface area contributed by atoms with E-state index in [9.17, 15) is 10.2 Å². The normalized spacial score (nSPS) is 32.0. The molecule has 1 heterocycles. The molecule has 1 aliphatic heterocycles. The van der Waals surface area contributed by atoms with Crippen molar-refractivity contribution in [3.8, 4) is 0 Å². The van der Waals surface area contributed by atoms with Crippen molar-refractivity contribution in [2.75, 3.05) is 19.8 Å². The van der Waals surface area contributed by atoms with Crippen LogP contribution < -0.4 is 0 Å². The van der Waals surface area contributed by atoms with E-state index in [1.165, 1.54) is 0 Å². The highest BCUT2D eigenvalue weighted by Gasteiger charge is 2.45. The molecule has 1 rings (SSSR count). The molecule has 0 radical (unpaired) electrons. The highest BCUT2D eigenvalue weighted by molar-refractivity contribution is 4.96. The number of aliphatic hydroxyl groups is 2. The molecule has 3 heteroatoms. The Balaban J connectivity index is 2.77. The molecule has 1 saturated heterocycles. The quantitative estimate of drug-likeness (QED) is 0.752. The van der Waals surface area contributed by atoms with E-state index < -0.39 is 5.60 Å². The Morgan fingerprint density at radius 2 is 2.07 bits per heavy atom. The smallest absolute Gasteiger partial charge is 0.0745 e. The molecule has 15 heavy (non-hydrogen) atoms. The molecule has 0 aromatic carbocycles. The monoisotopic (exact) mass is 216 g/mol. The van der Waals surface area contributed by atoms with Crippen molar-refractivity contribution >= 4 is 0 Å². The van der Waals surface area contributed by atoms with Crippen LogP contribution in [0.4, 0.5) is 0 Å². The molecule has 0 aromatic heterocycles. The van der Waals surface area contributed by atoms with Crippen LogP contribution in [-0.4, -0.2) is 35.6 Å². The van der Waals surface area contributed by atoms with Crippen LogP contribution in [0.3, 0.4) is 0 Å². The van der Waals surface area contributed by atoms with Gasteiger partial charge in [0.2, 0.25) is 0 Å². The average molecular weight is 216 g/mol. The first-order valence-electron chi connectivity index (χ1n) is 5.99. The minimum Gasteiger partial charge on any atom is -0.396 e. The summed E-state index contributed by atoms with van der Waals surface area (Å²) < 4.78 is 5.37. The Kier molecular flexibility index (Phi) is 4.56. The molecule has 90 valence electrons. The Labute approximate surface area is 92.4 Å². The summed E-state index contributed by atoms with van der Waals surface area (Å²) in [5.41, 5.74) is -1.14. The minimum atomic E-state index is -0.756.